The Morgan fingerprint density at radius 2 is 1.08 bits per heavy atom. The molecule has 62 heavy (non-hydrogen) atoms. The Bertz CT molecular complexity index is 3970. The number of aromatic nitrogens is 1. The molecule has 0 N–H and O–H groups in total. The predicted molar refractivity (Wildman–Crippen MR) is 269 cm³/mol. The molecular formula is C58H37N3S. The van der Waals surface area contributed by atoms with E-state index in [1.54, 1.807) is 0 Å². The molecule has 0 fully saturated rings. The maximum absolute atomic E-state index is 4.48. The normalized spacial score (nSPS) is 13.4. The first kappa shape index (κ1) is 35.0. The molecule has 0 aliphatic carbocycles. The van der Waals surface area contributed by atoms with Gasteiger partial charge in [0, 0.05) is 77.5 Å². The summed E-state index contributed by atoms with van der Waals surface area (Å²) in [6.07, 6.45) is 10.4. The summed E-state index contributed by atoms with van der Waals surface area (Å²) in [5.74, 6) is 0. The molecule has 4 heteroatoms. The lowest BCUT2D eigenvalue weighted by atomic mass is 9.92. The van der Waals surface area contributed by atoms with Crippen LogP contribution in [0, 0.1) is 0 Å². The fourth-order valence-corrected chi connectivity index (χ4v) is 11.8. The van der Waals surface area contributed by atoms with Gasteiger partial charge in [-0.15, -0.1) is 11.3 Å². The van der Waals surface area contributed by atoms with Crippen molar-refractivity contribution in [1.82, 2.24) is 9.47 Å². The molecule has 0 radical (unpaired) electrons. The Labute approximate surface area is 361 Å². The second-order valence-electron chi connectivity index (χ2n) is 16.3. The zero-order valence-electron chi connectivity index (χ0n) is 33.7. The summed E-state index contributed by atoms with van der Waals surface area (Å²) in [4.78, 5) is 6.62. The monoisotopic (exact) mass is 807 g/mol. The van der Waals surface area contributed by atoms with Crippen LogP contribution < -0.4 is 0 Å². The third kappa shape index (κ3) is 5.02. The molecule has 12 aromatic rings. The average Bonchev–Trinajstić information content (AvgIpc) is 3.92. The van der Waals surface area contributed by atoms with E-state index in [1.807, 2.05) is 17.4 Å². The number of benzene rings is 10. The Morgan fingerprint density at radius 1 is 0.500 bits per heavy atom. The number of fused-ring (bicyclic) bond motifs is 18. The van der Waals surface area contributed by atoms with E-state index in [2.05, 4.69) is 216 Å². The summed E-state index contributed by atoms with van der Waals surface area (Å²) in [5.41, 5.74) is 7.95. The summed E-state index contributed by atoms with van der Waals surface area (Å²) < 4.78 is 5.18. The highest BCUT2D eigenvalue weighted by Gasteiger charge is 2.26. The van der Waals surface area contributed by atoms with Crippen molar-refractivity contribution in [3.8, 4) is 16.8 Å². The number of nitrogens with zero attached hydrogens (tertiary/aromatic N) is 3. The van der Waals surface area contributed by atoms with E-state index < -0.39 is 0 Å². The van der Waals surface area contributed by atoms with Crippen LogP contribution in [0.1, 0.15) is 5.56 Å². The van der Waals surface area contributed by atoms with E-state index in [0.717, 1.165) is 23.5 Å². The third-order valence-corrected chi connectivity index (χ3v) is 14.3. The Morgan fingerprint density at radius 3 is 1.79 bits per heavy atom. The van der Waals surface area contributed by atoms with Gasteiger partial charge in [-0.1, -0.05) is 164 Å². The number of hydrogen-bond acceptors (Lipinski definition) is 3. The Balaban J connectivity index is 1.18. The highest BCUT2D eigenvalue weighted by molar-refractivity contribution is 7.27. The molecule has 13 rings (SSSR count). The lowest BCUT2D eigenvalue weighted by molar-refractivity contribution is 0.561. The van der Waals surface area contributed by atoms with Crippen LogP contribution in [0.15, 0.2) is 205 Å². The van der Waals surface area contributed by atoms with Crippen molar-refractivity contribution in [2.45, 2.75) is 0 Å². The second kappa shape index (κ2) is 13.6. The van der Waals surface area contributed by atoms with Gasteiger partial charge in [0.25, 0.3) is 0 Å². The summed E-state index contributed by atoms with van der Waals surface area (Å²) >= 11 is 1.95. The summed E-state index contributed by atoms with van der Waals surface area (Å²) in [5, 5.41) is 17.8. The van der Waals surface area contributed by atoms with Gasteiger partial charge in [-0.05, 0) is 79.6 Å². The van der Waals surface area contributed by atoms with Crippen LogP contribution in [-0.2, 0) is 0 Å². The lowest BCUT2D eigenvalue weighted by Gasteiger charge is -2.17. The molecule has 0 bridgehead atoms. The molecule has 0 saturated heterocycles. The second-order valence-corrected chi connectivity index (χ2v) is 17.3. The predicted octanol–water partition coefficient (Wildman–Crippen LogP) is 16.0. The molecule has 3 heterocycles. The first-order valence-electron chi connectivity index (χ1n) is 21.2. The van der Waals surface area contributed by atoms with E-state index in [-0.39, 0.29) is 0 Å². The molecule has 0 atom stereocenters. The van der Waals surface area contributed by atoms with Gasteiger partial charge in [0.2, 0.25) is 0 Å². The van der Waals surface area contributed by atoms with Crippen molar-refractivity contribution < 1.29 is 0 Å². The molecular weight excluding hydrogens is 771 g/mol. The summed E-state index contributed by atoms with van der Waals surface area (Å²) in [6.45, 7) is 4.76. The average molecular weight is 808 g/mol. The number of rotatable bonds is 5. The molecule has 0 amide bonds. The van der Waals surface area contributed by atoms with Gasteiger partial charge < -0.3 is 9.47 Å². The molecule has 1 aliphatic heterocycles. The number of hydrogen-bond donors (Lipinski definition) is 0. The molecule has 10 aromatic carbocycles. The molecule has 0 spiro atoms. The minimum atomic E-state index is 0.801. The van der Waals surface area contributed by atoms with Gasteiger partial charge >= 0.3 is 0 Å². The van der Waals surface area contributed by atoms with Gasteiger partial charge in [-0.25, -0.2) is 0 Å². The SMILES string of the molecule is C=N/C(=C\N1C=CC=CC1)c1ccc(-n2c3c4ccccc4c4ccccc4c3c3c4sc5c(-c6cc7ccccc7c7ccccc67)cccc5c4c4ccccc4c32)cc1. The zero-order chi connectivity index (χ0) is 40.9. The van der Waals surface area contributed by atoms with Crippen molar-refractivity contribution in [1.29, 1.82) is 0 Å². The smallest absolute Gasteiger partial charge is 0.0856 e. The number of aliphatic imine (C=N–C) groups is 1. The molecule has 0 saturated carbocycles. The van der Waals surface area contributed by atoms with E-state index >= 15 is 0 Å². The quantitative estimate of drug-likeness (QED) is 0.125. The van der Waals surface area contributed by atoms with E-state index in [1.165, 1.54) is 107 Å². The molecule has 1 aliphatic rings. The minimum absolute atomic E-state index is 0.801. The minimum Gasteiger partial charge on any atom is -0.348 e. The van der Waals surface area contributed by atoms with Crippen LogP contribution in [0.2, 0.25) is 0 Å². The van der Waals surface area contributed by atoms with Crippen LogP contribution in [0.5, 0.6) is 0 Å². The topological polar surface area (TPSA) is 20.5 Å². The summed E-state index contributed by atoms with van der Waals surface area (Å²) in [6, 6.07) is 63.0. The number of allylic oxidation sites excluding steroid dienone is 2. The highest BCUT2D eigenvalue weighted by atomic mass is 32.1. The maximum atomic E-state index is 4.48. The first-order chi connectivity index (χ1) is 30.7. The lowest BCUT2D eigenvalue weighted by Crippen LogP contribution is -2.11. The van der Waals surface area contributed by atoms with Gasteiger partial charge in [0.1, 0.15) is 0 Å². The fourth-order valence-electron chi connectivity index (χ4n) is 10.4. The van der Waals surface area contributed by atoms with Crippen LogP contribution in [0.4, 0.5) is 0 Å². The van der Waals surface area contributed by atoms with Gasteiger partial charge in [0.15, 0.2) is 0 Å². The van der Waals surface area contributed by atoms with E-state index in [4.69, 9.17) is 0 Å². The highest BCUT2D eigenvalue weighted by Crippen LogP contribution is 2.53. The van der Waals surface area contributed by atoms with Crippen LogP contribution >= 0.6 is 11.3 Å². The van der Waals surface area contributed by atoms with Crippen molar-refractivity contribution in [2.75, 3.05) is 6.54 Å². The largest absolute Gasteiger partial charge is 0.348 e. The van der Waals surface area contributed by atoms with Crippen molar-refractivity contribution in [2.24, 2.45) is 4.99 Å². The number of thiophene rings is 1. The van der Waals surface area contributed by atoms with Crippen LogP contribution in [0.25, 0.3) is 118 Å². The van der Waals surface area contributed by atoms with Crippen molar-refractivity contribution >= 4 is 120 Å². The molecule has 3 nitrogen and oxygen atoms in total. The van der Waals surface area contributed by atoms with E-state index in [9.17, 15) is 0 Å². The molecule has 290 valence electrons. The Hall–Kier alpha value is -7.79. The van der Waals surface area contributed by atoms with Gasteiger partial charge in [-0.2, -0.15) is 0 Å². The van der Waals surface area contributed by atoms with Gasteiger partial charge in [-0.3, -0.25) is 4.99 Å². The first-order valence-corrected chi connectivity index (χ1v) is 22.0. The Kier molecular flexibility index (Phi) is 7.69. The third-order valence-electron chi connectivity index (χ3n) is 13.0. The molecule has 2 aromatic heterocycles. The van der Waals surface area contributed by atoms with Crippen LogP contribution in [0.3, 0.4) is 0 Å². The zero-order valence-corrected chi connectivity index (χ0v) is 34.5. The molecule has 0 unspecified atom stereocenters. The van der Waals surface area contributed by atoms with Crippen molar-refractivity contribution in [3.05, 3.63) is 206 Å². The van der Waals surface area contributed by atoms with E-state index in [0.29, 0.717) is 0 Å². The summed E-state index contributed by atoms with van der Waals surface area (Å²) in [7, 11) is 0. The standard InChI is InChI=1S/C58H37N3S/c1-59-51(35-60-32-13-2-14-33-60)36-28-30-38(31-29-36)61-55-46-24-11-8-20-42(46)41-19-7-9-22-44(41)53(55)54-56(61)47-25-12-10-23-45(47)52-49-27-15-26-48(57(49)62-58(52)54)50-34-37-16-3-4-17-39(37)40-18-5-6-21-43(40)50/h2-32,34-35H,1,33H2/b51-35-. The van der Waals surface area contributed by atoms with Gasteiger partial charge in [0.05, 0.1) is 16.7 Å². The maximum Gasteiger partial charge on any atom is 0.0856 e. The fraction of sp³-hybridized carbons (Fsp3) is 0.0172. The van der Waals surface area contributed by atoms with Crippen molar-refractivity contribution in [3.63, 3.8) is 0 Å². The van der Waals surface area contributed by atoms with Crippen LogP contribution in [-0.4, -0.2) is 22.7 Å².